The number of nitrogens with zero attached hydrogens (tertiary/aromatic N) is 2. The molecule has 3 rings (SSSR count). The molecule has 0 saturated carbocycles. The topological polar surface area (TPSA) is 70.0 Å². The van der Waals surface area contributed by atoms with Crippen molar-refractivity contribution in [3.8, 4) is 17.6 Å². The molecular formula is C19H13BrN4OS. The van der Waals surface area contributed by atoms with E-state index in [1.54, 1.807) is 36.5 Å². The Kier molecular flexibility index (Phi) is 5.79. The third-order valence-electron chi connectivity index (χ3n) is 3.29. The zero-order valence-corrected chi connectivity index (χ0v) is 15.8. The Morgan fingerprint density at radius 2 is 1.81 bits per heavy atom. The Morgan fingerprint density at radius 3 is 2.50 bits per heavy atom. The molecule has 2 N–H and O–H groups in total. The van der Waals surface area contributed by atoms with Crippen molar-refractivity contribution in [1.82, 2.24) is 4.98 Å². The molecule has 2 aromatic carbocycles. The van der Waals surface area contributed by atoms with Crippen LogP contribution in [-0.2, 0) is 0 Å². The highest BCUT2D eigenvalue weighted by Gasteiger charge is 2.10. The fraction of sp³-hybridized carbons (Fsp3) is 0. The highest BCUT2D eigenvalue weighted by atomic mass is 79.9. The van der Waals surface area contributed by atoms with Gasteiger partial charge < -0.3 is 15.4 Å². The summed E-state index contributed by atoms with van der Waals surface area (Å²) in [4.78, 5) is 4.33. The second kappa shape index (κ2) is 8.43. The van der Waals surface area contributed by atoms with Crippen molar-refractivity contribution in [2.75, 3.05) is 10.6 Å². The SMILES string of the molecule is N#Cc1ccc(Oc2cc(Br)cnc2NC(=S)Nc2ccccc2)cc1. The summed E-state index contributed by atoms with van der Waals surface area (Å²) in [5.41, 5.74) is 1.44. The minimum Gasteiger partial charge on any atom is -0.453 e. The molecule has 1 heterocycles. The van der Waals surface area contributed by atoms with Crippen molar-refractivity contribution in [3.05, 3.63) is 76.9 Å². The average molecular weight is 425 g/mol. The summed E-state index contributed by atoms with van der Waals surface area (Å²) in [6.45, 7) is 0. The van der Waals surface area contributed by atoms with Crippen LogP contribution < -0.4 is 15.4 Å². The quantitative estimate of drug-likeness (QED) is 0.552. The molecule has 1 aromatic heterocycles. The number of halogens is 1. The summed E-state index contributed by atoms with van der Waals surface area (Å²) >= 11 is 8.73. The Morgan fingerprint density at radius 1 is 1.08 bits per heavy atom. The maximum absolute atomic E-state index is 8.88. The number of aromatic nitrogens is 1. The molecule has 0 unspecified atom stereocenters. The normalized spacial score (nSPS) is 9.85. The van der Waals surface area contributed by atoms with Gasteiger partial charge >= 0.3 is 0 Å². The fourth-order valence-corrected chi connectivity index (χ4v) is 2.63. The number of hydrogen-bond donors (Lipinski definition) is 2. The van der Waals surface area contributed by atoms with Crippen LogP contribution in [0.4, 0.5) is 11.5 Å². The lowest BCUT2D eigenvalue weighted by Crippen LogP contribution is -2.20. The van der Waals surface area contributed by atoms with Crippen LogP contribution in [0.1, 0.15) is 5.56 Å². The predicted octanol–water partition coefficient (Wildman–Crippen LogP) is 5.32. The van der Waals surface area contributed by atoms with E-state index in [-0.39, 0.29) is 0 Å². The third kappa shape index (κ3) is 4.79. The monoisotopic (exact) mass is 424 g/mol. The second-order valence-corrected chi connectivity index (χ2v) is 6.51. The van der Waals surface area contributed by atoms with Gasteiger partial charge in [0.15, 0.2) is 16.7 Å². The number of thiocarbonyl (C=S) groups is 1. The number of benzene rings is 2. The number of nitriles is 1. The van der Waals surface area contributed by atoms with Crippen molar-refractivity contribution in [3.63, 3.8) is 0 Å². The first kappa shape index (κ1) is 17.9. The Labute approximate surface area is 164 Å². The zero-order valence-electron chi connectivity index (χ0n) is 13.4. The first-order chi connectivity index (χ1) is 12.6. The summed E-state index contributed by atoms with van der Waals surface area (Å²) in [7, 11) is 0. The van der Waals surface area contributed by atoms with Gasteiger partial charge in [-0.2, -0.15) is 5.26 Å². The standard InChI is InChI=1S/C19H13BrN4OS/c20-14-10-17(25-16-8-6-13(11-21)7-9-16)18(22-12-14)24-19(26)23-15-4-2-1-3-5-15/h1-10,12H,(H2,22,23,24,26). The molecule has 0 radical (unpaired) electrons. The van der Waals surface area contributed by atoms with Crippen LogP contribution in [0.15, 0.2) is 71.3 Å². The molecule has 3 aromatic rings. The molecule has 128 valence electrons. The zero-order chi connectivity index (χ0) is 18.4. The van der Waals surface area contributed by atoms with E-state index < -0.39 is 0 Å². The van der Waals surface area contributed by atoms with Crippen LogP contribution in [0.3, 0.4) is 0 Å². The van der Waals surface area contributed by atoms with Gasteiger partial charge in [0.2, 0.25) is 0 Å². The molecule has 0 spiro atoms. The lowest BCUT2D eigenvalue weighted by Gasteiger charge is -2.14. The predicted molar refractivity (Wildman–Crippen MR) is 109 cm³/mol. The molecule has 26 heavy (non-hydrogen) atoms. The van der Waals surface area contributed by atoms with Gasteiger partial charge in [0.1, 0.15) is 5.75 Å². The number of pyridine rings is 1. The van der Waals surface area contributed by atoms with Crippen molar-refractivity contribution in [2.24, 2.45) is 0 Å². The van der Waals surface area contributed by atoms with Gasteiger partial charge in [-0.1, -0.05) is 18.2 Å². The van der Waals surface area contributed by atoms with E-state index in [9.17, 15) is 0 Å². The van der Waals surface area contributed by atoms with Crippen LogP contribution in [0.2, 0.25) is 0 Å². The Balaban J connectivity index is 1.77. The van der Waals surface area contributed by atoms with Crippen LogP contribution in [0, 0.1) is 11.3 Å². The van der Waals surface area contributed by atoms with E-state index in [1.165, 1.54) is 0 Å². The lowest BCUT2D eigenvalue weighted by atomic mass is 10.2. The first-order valence-corrected chi connectivity index (χ1v) is 8.81. The van der Waals surface area contributed by atoms with Gasteiger partial charge in [0, 0.05) is 22.4 Å². The van der Waals surface area contributed by atoms with Gasteiger partial charge in [-0.3, -0.25) is 0 Å². The number of hydrogen-bond acceptors (Lipinski definition) is 4. The Bertz CT molecular complexity index is 956. The molecule has 0 aliphatic rings. The number of anilines is 2. The summed E-state index contributed by atoms with van der Waals surface area (Å²) in [5.74, 6) is 1.57. The highest BCUT2D eigenvalue weighted by molar-refractivity contribution is 9.10. The van der Waals surface area contributed by atoms with Crippen molar-refractivity contribution < 1.29 is 4.74 Å². The second-order valence-electron chi connectivity index (χ2n) is 5.18. The maximum atomic E-state index is 8.88. The molecule has 0 aliphatic carbocycles. The maximum Gasteiger partial charge on any atom is 0.176 e. The van der Waals surface area contributed by atoms with E-state index in [1.807, 2.05) is 30.3 Å². The van der Waals surface area contributed by atoms with Crippen molar-refractivity contribution in [1.29, 1.82) is 5.26 Å². The number of ether oxygens (including phenoxy) is 1. The molecule has 7 heteroatoms. The van der Waals surface area contributed by atoms with Gasteiger partial charge in [-0.25, -0.2) is 4.98 Å². The number of para-hydroxylation sites is 1. The summed E-state index contributed by atoms with van der Waals surface area (Å²) in [5, 5.41) is 15.4. The molecule has 0 bridgehead atoms. The van der Waals surface area contributed by atoms with Gasteiger partial charge in [0.25, 0.3) is 0 Å². The van der Waals surface area contributed by atoms with Crippen molar-refractivity contribution >= 4 is 44.8 Å². The van der Waals surface area contributed by atoms with Crippen LogP contribution in [-0.4, -0.2) is 10.1 Å². The van der Waals surface area contributed by atoms with E-state index in [0.717, 1.165) is 10.2 Å². The van der Waals surface area contributed by atoms with E-state index in [0.29, 0.717) is 28.0 Å². The van der Waals surface area contributed by atoms with Gasteiger partial charge in [-0.05, 0) is 64.5 Å². The smallest absolute Gasteiger partial charge is 0.176 e. The average Bonchev–Trinajstić information content (AvgIpc) is 2.65. The number of nitrogens with one attached hydrogen (secondary N) is 2. The molecule has 0 atom stereocenters. The largest absolute Gasteiger partial charge is 0.453 e. The van der Waals surface area contributed by atoms with Gasteiger partial charge in [0.05, 0.1) is 11.6 Å². The van der Waals surface area contributed by atoms with Crippen LogP contribution in [0.5, 0.6) is 11.5 Å². The minimum absolute atomic E-state index is 0.399. The summed E-state index contributed by atoms with van der Waals surface area (Å²) in [6.07, 6.45) is 1.65. The highest BCUT2D eigenvalue weighted by Crippen LogP contribution is 2.30. The molecule has 0 fully saturated rings. The van der Waals surface area contributed by atoms with E-state index >= 15 is 0 Å². The van der Waals surface area contributed by atoms with Crippen LogP contribution in [0.25, 0.3) is 0 Å². The van der Waals surface area contributed by atoms with E-state index in [4.69, 9.17) is 22.2 Å². The lowest BCUT2D eigenvalue weighted by molar-refractivity contribution is 0.482. The first-order valence-electron chi connectivity index (χ1n) is 7.60. The minimum atomic E-state index is 0.399. The van der Waals surface area contributed by atoms with Gasteiger partial charge in [-0.15, -0.1) is 0 Å². The van der Waals surface area contributed by atoms with E-state index in [2.05, 4.69) is 37.6 Å². The fourth-order valence-electron chi connectivity index (χ4n) is 2.11. The molecular weight excluding hydrogens is 412 g/mol. The molecule has 0 amide bonds. The third-order valence-corrected chi connectivity index (χ3v) is 3.93. The summed E-state index contributed by atoms with van der Waals surface area (Å²) in [6, 6.07) is 20.3. The summed E-state index contributed by atoms with van der Waals surface area (Å²) < 4.78 is 6.66. The van der Waals surface area contributed by atoms with Crippen LogP contribution >= 0.6 is 28.1 Å². The van der Waals surface area contributed by atoms with Crippen molar-refractivity contribution in [2.45, 2.75) is 0 Å². The molecule has 0 saturated heterocycles. The molecule has 5 nitrogen and oxygen atoms in total. The Hall–Kier alpha value is -2.95. The number of rotatable bonds is 4. The molecule has 0 aliphatic heterocycles.